The summed E-state index contributed by atoms with van der Waals surface area (Å²) >= 11 is 0. The molecule has 0 amide bonds. The molecule has 0 aliphatic rings. The van der Waals surface area contributed by atoms with Crippen molar-refractivity contribution in [1.82, 2.24) is 4.98 Å². The molecule has 0 aliphatic carbocycles. The van der Waals surface area contributed by atoms with E-state index in [1.54, 1.807) is 0 Å². The number of pyridine rings is 1. The Morgan fingerprint density at radius 2 is 2.07 bits per heavy atom. The zero-order valence-electron chi connectivity index (χ0n) is 8.01. The molecule has 84 valence electrons. The van der Waals surface area contributed by atoms with Crippen molar-refractivity contribution in [3.8, 4) is 5.75 Å². The minimum absolute atomic E-state index is 0.0208. The lowest BCUT2D eigenvalue weighted by molar-refractivity contribution is 0.279. The van der Waals surface area contributed by atoms with Gasteiger partial charge in [0.25, 0.3) is 10.1 Å². The van der Waals surface area contributed by atoms with E-state index in [1.807, 2.05) is 0 Å². The molecule has 1 aromatic rings. The van der Waals surface area contributed by atoms with Gasteiger partial charge >= 0.3 is 0 Å². The molecule has 0 fully saturated rings. The normalized spacial score (nSPS) is 11.7. The number of nitrogens with zero attached hydrogens (tertiary/aromatic N) is 1. The molecule has 0 saturated carbocycles. The van der Waals surface area contributed by atoms with Crippen LogP contribution in [0.5, 0.6) is 5.75 Å². The highest BCUT2D eigenvalue weighted by molar-refractivity contribution is 7.85. The Balaban J connectivity index is 3.30. The van der Waals surface area contributed by atoms with E-state index in [0.29, 0.717) is 0 Å². The van der Waals surface area contributed by atoms with Crippen molar-refractivity contribution in [2.45, 2.75) is 19.3 Å². The second-order valence-electron chi connectivity index (χ2n) is 3.08. The maximum atomic E-state index is 10.7. The third-order valence-electron chi connectivity index (χ3n) is 1.93. The number of aryl methyl sites for hydroxylation is 1. The van der Waals surface area contributed by atoms with Crippen molar-refractivity contribution in [3.05, 3.63) is 23.0 Å². The smallest absolute Gasteiger partial charge is 0.269 e. The van der Waals surface area contributed by atoms with Gasteiger partial charge in [-0.2, -0.15) is 8.42 Å². The molecule has 0 aliphatic heterocycles. The van der Waals surface area contributed by atoms with Crippen LogP contribution in [0.25, 0.3) is 0 Å². The highest BCUT2D eigenvalue weighted by Gasteiger charge is 2.17. The van der Waals surface area contributed by atoms with Crippen molar-refractivity contribution in [3.63, 3.8) is 0 Å². The Morgan fingerprint density at radius 1 is 1.47 bits per heavy atom. The lowest BCUT2D eigenvalue weighted by Gasteiger charge is -2.09. The minimum atomic E-state index is -4.25. The first-order valence-corrected chi connectivity index (χ1v) is 5.68. The van der Waals surface area contributed by atoms with Crippen LogP contribution in [0.3, 0.4) is 0 Å². The molecule has 0 unspecified atom stereocenters. The van der Waals surface area contributed by atoms with Gasteiger partial charge < -0.3 is 10.2 Å². The van der Waals surface area contributed by atoms with Crippen LogP contribution >= 0.6 is 0 Å². The number of aliphatic hydroxyl groups is 1. The average molecular weight is 233 g/mol. The topological polar surface area (TPSA) is 108 Å². The van der Waals surface area contributed by atoms with Crippen LogP contribution in [0, 0.1) is 6.92 Å². The van der Waals surface area contributed by atoms with Crippen molar-refractivity contribution in [2.24, 2.45) is 0 Å². The Bertz CT molecular complexity index is 468. The molecule has 0 atom stereocenters. The molecule has 1 aromatic heterocycles. The van der Waals surface area contributed by atoms with E-state index in [-0.39, 0.29) is 22.6 Å². The van der Waals surface area contributed by atoms with Gasteiger partial charge in [-0.1, -0.05) is 0 Å². The van der Waals surface area contributed by atoms with E-state index < -0.39 is 22.5 Å². The lowest BCUT2D eigenvalue weighted by Crippen LogP contribution is -2.06. The van der Waals surface area contributed by atoms with Crippen molar-refractivity contribution >= 4 is 10.1 Å². The molecule has 1 heterocycles. The van der Waals surface area contributed by atoms with Gasteiger partial charge in [-0.3, -0.25) is 9.54 Å². The van der Waals surface area contributed by atoms with Crippen LogP contribution in [0.2, 0.25) is 0 Å². The summed E-state index contributed by atoms with van der Waals surface area (Å²) in [5, 5.41) is 18.4. The average Bonchev–Trinajstić information content (AvgIpc) is 2.11. The number of aromatic nitrogens is 1. The Hall–Kier alpha value is -1.18. The van der Waals surface area contributed by atoms with Crippen LogP contribution < -0.4 is 0 Å². The van der Waals surface area contributed by atoms with Crippen LogP contribution in [-0.2, 0) is 22.5 Å². The first-order chi connectivity index (χ1) is 6.85. The summed E-state index contributed by atoms with van der Waals surface area (Å²) in [6, 6.07) is 0. The summed E-state index contributed by atoms with van der Waals surface area (Å²) in [7, 11) is -4.25. The Labute approximate surface area is 87.0 Å². The molecule has 0 aromatic carbocycles. The van der Waals surface area contributed by atoms with Crippen LogP contribution in [-0.4, -0.2) is 28.2 Å². The maximum absolute atomic E-state index is 10.7. The molecule has 0 saturated heterocycles. The van der Waals surface area contributed by atoms with E-state index in [0.717, 1.165) is 0 Å². The van der Waals surface area contributed by atoms with Gasteiger partial charge in [0.2, 0.25) is 0 Å². The second kappa shape index (κ2) is 4.13. The number of hydrogen-bond donors (Lipinski definition) is 3. The quantitative estimate of drug-likeness (QED) is 0.633. The molecule has 0 radical (unpaired) electrons. The third-order valence-corrected chi connectivity index (χ3v) is 2.58. The molecule has 1 rings (SSSR count). The van der Waals surface area contributed by atoms with E-state index >= 15 is 0 Å². The molecule has 0 bridgehead atoms. The number of rotatable bonds is 3. The maximum Gasteiger partial charge on any atom is 0.269 e. The number of aliphatic hydroxyl groups excluding tert-OH is 1. The van der Waals surface area contributed by atoms with Gasteiger partial charge in [0.05, 0.1) is 12.3 Å². The fraction of sp³-hybridized carbons (Fsp3) is 0.375. The van der Waals surface area contributed by atoms with Crippen LogP contribution in [0.1, 0.15) is 16.8 Å². The zero-order valence-corrected chi connectivity index (χ0v) is 8.82. The Kier molecular flexibility index (Phi) is 3.28. The fourth-order valence-corrected chi connectivity index (χ4v) is 1.85. The second-order valence-corrected chi connectivity index (χ2v) is 4.53. The van der Waals surface area contributed by atoms with Gasteiger partial charge in [0, 0.05) is 17.3 Å². The highest BCUT2D eigenvalue weighted by atomic mass is 32.2. The SMILES string of the molecule is Cc1ncc(CO)c(CS(=O)(=O)O)c1O. The summed E-state index contributed by atoms with van der Waals surface area (Å²) in [6.45, 7) is 1.04. The van der Waals surface area contributed by atoms with Gasteiger partial charge in [-0.25, -0.2) is 0 Å². The van der Waals surface area contributed by atoms with Gasteiger partial charge in [0.15, 0.2) is 0 Å². The summed E-state index contributed by atoms with van der Waals surface area (Å²) in [5.74, 6) is -1.06. The number of aromatic hydroxyl groups is 1. The molecule has 0 spiro atoms. The molecule has 3 N–H and O–H groups in total. The summed E-state index contributed by atoms with van der Waals surface area (Å²) < 4.78 is 30.0. The van der Waals surface area contributed by atoms with Crippen LogP contribution in [0.15, 0.2) is 6.20 Å². The molecule has 6 nitrogen and oxygen atoms in total. The number of hydrogen-bond acceptors (Lipinski definition) is 5. The van der Waals surface area contributed by atoms with E-state index in [4.69, 9.17) is 9.66 Å². The minimum Gasteiger partial charge on any atom is -0.506 e. The monoisotopic (exact) mass is 233 g/mol. The highest BCUT2D eigenvalue weighted by Crippen LogP contribution is 2.25. The van der Waals surface area contributed by atoms with E-state index in [1.165, 1.54) is 13.1 Å². The van der Waals surface area contributed by atoms with Gasteiger partial charge in [0.1, 0.15) is 11.5 Å². The summed E-state index contributed by atoms with van der Waals surface area (Å²) in [5.41, 5.74) is 0.397. The van der Waals surface area contributed by atoms with E-state index in [9.17, 15) is 13.5 Å². The van der Waals surface area contributed by atoms with Crippen molar-refractivity contribution in [2.75, 3.05) is 0 Å². The van der Waals surface area contributed by atoms with Crippen molar-refractivity contribution in [1.29, 1.82) is 0 Å². The van der Waals surface area contributed by atoms with Gasteiger partial charge in [-0.15, -0.1) is 0 Å². The van der Waals surface area contributed by atoms with Crippen molar-refractivity contribution < 1.29 is 23.2 Å². The molecule has 15 heavy (non-hydrogen) atoms. The van der Waals surface area contributed by atoms with Gasteiger partial charge in [-0.05, 0) is 6.92 Å². The molecular formula is C8H11NO5S. The first kappa shape index (κ1) is 11.9. The zero-order chi connectivity index (χ0) is 11.6. The van der Waals surface area contributed by atoms with E-state index in [2.05, 4.69) is 4.98 Å². The Morgan fingerprint density at radius 3 is 2.53 bits per heavy atom. The molecular weight excluding hydrogens is 222 g/mol. The fourth-order valence-electron chi connectivity index (χ4n) is 1.16. The first-order valence-electron chi connectivity index (χ1n) is 4.07. The summed E-state index contributed by atoms with van der Waals surface area (Å²) in [4.78, 5) is 3.75. The lowest BCUT2D eigenvalue weighted by atomic mass is 10.1. The molecule has 7 heteroatoms. The predicted molar refractivity (Wildman–Crippen MR) is 51.8 cm³/mol. The predicted octanol–water partition coefficient (Wildman–Crippen LogP) is -0.0243. The standard InChI is InChI=1S/C8H11NO5S/c1-5-8(11)7(4-15(12,13)14)6(3-10)2-9-5/h2,10-11H,3-4H2,1H3,(H,12,13,14). The summed E-state index contributed by atoms with van der Waals surface area (Å²) in [6.07, 6.45) is 1.26. The third kappa shape index (κ3) is 2.88. The largest absolute Gasteiger partial charge is 0.506 e. The van der Waals surface area contributed by atoms with Crippen LogP contribution in [0.4, 0.5) is 0 Å².